The predicted octanol–water partition coefficient (Wildman–Crippen LogP) is 2.28. The summed E-state index contributed by atoms with van der Waals surface area (Å²) in [6, 6.07) is 4.46. The van der Waals surface area contributed by atoms with Crippen LogP contribution in [0.5, 0.6) is 0 Å². The van der Waals surface area contributed by atoms with Crippen LogP contribution in [0.25, 0.3) is 0 Å². The minimum absolute atomic E-state index is 0.0653. The molecule has 1 aromatic rings. The van der Waals surface area contributed by atoms with Gasteiger partial charge in [-0.25, -0.2) is 8.78 Å². The number of carbonyl (C=O) groups excluding carboxylic acids is 1. The Hall–Kier alpha value is -1.49. The number of hydrogen-bond donors (Lipinski definition) is 1. The van der Waals surface area contributed by atoms with Crippen LogP contribution in [0.1, 0.15) is 30.7 Å². The summed E-state index contributed by atoms with van der Waals surface area (Å²) in [7, 11) is 1.83. The van der Waals surface area contributed by atoms with Gasteiger partial charge in [-0.3, -0.25) is 4.79 Å². The summed E-state index contributed by atoms with van der Waals surface area (Å²) >= 11 is 0. The molecule has 3 nitrogen and oxygen atoms in total. The average Bonchev–Trinajstić information content (AvgIpc) is 3.30. The van der Waals surface area contributed by atoms with Crippen LogP contribution in [0.2, 0.25) is 0 Å². The lowest BCUT2D eigenvalue weighted by molar-refractivity contribution is -0.133. The van der Waals surface area contributed by atoms with Gasteiger partial charge in [-0.05, 0) is 49.9 Å². The fraction of sp³-hybridized carbons (Fsp3) is 0.562. The number of nitrogens with zero attached hydrogens (tertiary/aromatic N) is 1. The second-order valence-electron chi connectivity index (χ2n) is 6.02. The molecule has 1 saturated heterocycles. The number of benzene rings is 1. The van der Waals surface area contributed by atoms with Crippen molar-refractivity contribution in [2.45, 2.75) is 31.2 Å². The first-order valence-electron chi connectivity index (χ1n) is 7.51. The number of hydrogen-bond acceptors (Lipinski definition) is 2. The van der Waals surface area contributed by atoms with E-state index >= 15 is 0 Å². The standard InChI is InChI=1S/C16H20F2N2O/c1-20(10-5-7-19-8-6-10)16(21)13-9-12(13)11-3-2-4-14(17)15(11)18/h2-4,10,12-13,19H,5-9H2,1H3/t12-,13-/m0/s1. The van der Waals surface area contributed by atoms with Crippen molar-refractivity contribution in [2.24, 2.45) is 5.92 Å². The van der Waals surface area contributed by atoms with Crippen LogP contribution < -0.4 is 5.32 Å². The smallest absolute Gasteiger partial charge is 0.226 e. The Morgan fingerprint density at radius 2 is 2.00 bits per heavy atom. The molecule has 1 saturated carbocycles. The lowest BCUT2D eigenvalue weighted by Crippen LogP contribution is -2.44. The van der Waals surface area contributed by atoms with Gasteiger partial charge in [0.1, 0.15) is 0 Å². The summed E-state index contributed by atoms with van der Waals surface area (Å²) in [6.07, 6.45) is 2.52. The Morgan fingerprint density at radius 1 is 1.29 bits per heavy atom. The maximum atomic E-state index is 13.8. The lowest BCUT2D eigenvalue weighted by atomic mass is 10.0. The molecule has 1 N–H and O–H groups in total. The van der Waals surface area contributed by atoms with Crippen LogP contribution in [0, 0.1) is 17.6 Å². The molecule has 2 atom stereocenters. The van der Waals surface area contributed by atoms with Crippen molar-refractivity contribution in [2.75, 3.05) is 20.1 Å². The molecule has 1 amide bonds. The third-order valence-corrected chi connectivity index (χ3v) is 4.69. The fourth-order valence-corrected chi connectivity index (χ4v) is 3.25. The Morgan fingerprint density at radius 3 is 2.71 bits per heavy atom. The highest BCUT2D eigenvalue weighted by Crippen LogP contribution is 2.49. The van der Waals surface area contributed by atoms with Gasteiger partial charge >= 0.3 is 0 Å². The van der Waals surface area contributed by atoms with E-state index in [1.807, 2.05) is 11.9 Å². The number of carbonyl (C=O) groups is 1. The van der Waals surface area contributed by atoms with E-state index in [9.17, 15) is 13.6 Å². The van der Waals surface area contributed by atoms with E-state index < -0.39 is 11.6 Å². The first kappa shape index (κ1) is 14.4. The molecule has 0 spiro atoms. The molecule has 3 rings (SSSR count). The normalized spacial score (nSPS) is 25.7. The van der Waals surface area contributed by atoms with Gasteiger partial charge in [-0.15, -0.1) is 0 Å². The molecule has 2 fully saturated rings. The first-order chi connectivity index (χ1) is 10.1. The Labute approximate surface area is 123 Å². The number of nitrogens with one attached hydrogen (secondary N) is 1. The molecule has 1 heterocycles. The highest BCUT2D eigenvalue weighted by molar-refractivity contribution is 5.83. The highest BCUT2D eigenvalue weighted by atomic mass is 19.2. The van der Waals surface area contributed by atoms with Crippen molar-refractivity contribution in [3.8, 4) is 0 Å². The van der Waals surface area contributed by atoms with Gasteiger partial charge in [0.25, 0.3) is 0 Å². The minimum atomic E-state index is -0.836. The molecule has 1 aromatic carbocycles. The molecule has 0 bridgehead atoms. The summed E-state index contributed by atoms with van der Waals surface area (Å²) < 4.78 is 27.0. The topological polar surface area (TPSA) is 32.3 Å². The van der Waals surface area contributed by atoms with Gasteiger partial charge in [0, 0.05) is 19.0 Å². The van der Waals surface area contributed by atoms with Crippen molar-refractivity contribution >= 4 is 5.91 Å². The molecule has 1 aliphatic carbocycles. The van der Waals surface area contributed by atoms with Gasteiger partial charge in [-0.2, -0.15) is 0 Å². The van der Waals surface area contributed by atoms with Crippen LogP contribution in [0.4, 0.5) is 8.78 Å². The quantitative estimate of drug-likeness (QED) is 0.927. The number of piperidine rings is 1. The minimum Gasteiger partial charge on any atom is -0.342 e. The van der Waals surface area contributed by atoms with Crippen molar-refractivity contribution < 1.29 is 13.6 Å². The van der Waals surface area contributed by atoms with Gasteiger partial charge in [0.2, 0.25) is 5.91 Å². The Balaban J connectivity index is 1.66. The largest absolute Gasteiger partial charge is 0.342 e. The summed E-state index contributed by atoms with van der Waals surface area (Å²) in [5.41, 5.74) is 0.340. The van der Waals surface area contributed by atoms with Gasteiger partial charge in [-0.1, -0.05) is 12.1 Å². The molecule has 0 radical (unpaired) electrons. The van der Waals surface area contributed by atoms with E-state index in [1.54, 1.807) is 6.07 Å². The monoisotopic (exact) mass is 294 g/mol. The zero-order valence-electron chi connectivity index (χ0n) is 12.1. The number of rotatable bonds is 3. The molecule has 114 valence electrons. The maximum Gasteiger partial charge on any atom is 0.226 e. The van der Waals surface area contributed by atoms with Gasteiger partial charge in [0.05, 0.1) is 0 Å². The second kappa shape index (κ2) is 5.72. The third kappa shape index (κ3) is 2.79. The lowest BCUT2D eigenvalue weighted by Gasteiger charge is -2.32. The summed E-state index contributed by atoms with van der Waals surface area (Å²) in [4.78, 5) is 14.3. The SMILES string of the molecule is CN(C(=O)[C@H]1C[C@H]1c1cccc(F)c1F)C1CCNCC1. The van der Waals surface area contributed by atoms with Crippen LogP contribution in [0.3, 0.4) is 0 Å². The van der Waals surface area contributed by atoms with Crippen molar-refractivity contribution in [1.29, 1.82) is 0 Å². The summed E-state index contributed by atoms with van der Waals surface area (Å²) in [5, 5.41) is 3.27. The third-order valence-electron chi connectivity index (χ3n) is 4.69. The van der Waals surface area contributed by atoms with Crippen LogP contribution >= 0.6 is 0 Å². The van der Waals surface area contributed by atoms with Crippen LogP contribution in [-0.4, -0.2) is 37.0 Å². The van der Waals surface area contributed by atoms with Crippen LogP contribution in [0.15, 0.2) is 18.2 Å². The Kier molecular flexibility index (Phi) is 3.93. The van der Waals surface area contributed by atoms with Crippen molar-refractivity contribution in [1.82, 2.24) is 10.2 Å². The highest BCUT2D eigenvalue weighted by Gasteiger charge is 2.47. The molecule has 0 aromatic heterocycles. The van der Waals surface area contributed by atoms with Crippen molar-refractivity contribution in [3.63, 3.8) is 0 Å². The zero-order chi connectivity index (χ0) is 15.0. The summed E-state index contributed by atoms with van der Waals surface area (Å²) in [5.74, 6) is -1.94. The molecule has 5 heteroatoms. The second-order valence-corrected chi connectivity index (χ2v) is 6.02. The first-order valence-corrected chi connectivity index (χ1v) is 7.51. The van der Waals surface area contributed by atoms with E-state index in [1.165, 1.54) is 6.07 Å². The van der Waals surface area contributed by atoms with Crippen molar-refractivity contribution in [3.05, 3.63) is 35.4 Å². The predicted molar refractivity (Wildman–Crippen MR) is 75.9 cm³/mol. The van der Waals surface area contributed by atoms with E-state index in [2.05, 4.69) is 5.32 Å². The van der Waals surface area contributed by atoms with Crippen LogP contribution in [-0.2, 0) is 4.79 Å². The average molecular weight is 294 g/mol. The molecule has 21 heavy (non-hydrogen) atoms. The molecular formula is C16H20F2N2O. The molecular weight excluding hydrogens is 274 g/mol. The molecule has 2 aliphatic rings. The fourth-order valence-electron chi connectivity index (χ4n) is 3.25. The maximum absolute atomic E-state index is 13.8. The summed E-state index contributed by atoms with van der Waals surface area (Å²) in [6.45, 7) is 1.85. The zero-order valence-corrected chi connectivity index (χ0v) is 12.1. The van der Waals surface area contributed by atoms with E-state index in [0.29, 0.717) is 12.0 Å². The van der Waals surface area contributed by atoms with E-state index in [0.717, 1.165) is 32.0 Å². The number of halogens is 2. The molecule has 0 unspecified atom stereocenters. The molecule has 1 aliphatic heterocycles. The van der Waals surface area contributed by atoms with E-state index in [4.69, 9.17) is 0 Å². The van der Waals surface area contributed by atoms with E-state index in [-0.39, 0.29) is 23.8 Å². The van der Waals surface area contributed by atoms with Gasteiger partial charge < -0.3 is 10.2 Å². The van der Waals surface area contributed by atoms with Gasteiger partial charge in [0.15, 0.2) is 11.6 Å². The Bertz CT molecular complexity index is 543. The number of amides is 1.